The average molecular weight is 199 g/mol. The van der Waals surface area contributed by atoms with Crippen molar-refractivity contribution in [3.8, 4) is 0 Å². The second kappa shape index (κ2) is 3.24. The lowest BCUT2D eigenvalue weighted by molar-refractivity contribution is -0.159. The van der Waals surface area contributed by atoms with E-state index in [4.69, 9.17) is 5.11 Å². The van der Waals surface area contributed by atoms with Gasteiger partial charge in [-0.3, -0.25) is 4.79 Å². The van der Waals surface area contributed by atoms with E-state index < -0.39 is 11.9 Å². The molecule has 0 aliphatic carbocycles. The number of fused-ring (bicyclic) bond motifs is 2. The van der Waals surface area contributed by atoms with Crippen LogP contribution in [0.2, 0.25) is 0 Å². The SMILES string of the molecule is O=C(O)C(=O)N1C2CCC1CC(O)C2. The summed E-state index contributed by atoms with van der Waals surface area (Å²) in [5, 5.41) is 18.1. The molecule has 2 aliphatic heterocycles. The predicted octanol–water partition coefficient (Wildman–Crippen LogP) is -0.415. The molecule has 2 saturated heterocycles. The molecule has 0 radical (unpaired) electrons. The van der Waals surface area contributed by atoms with Gasteiger partial charge in [-0.2, -0.15) is 0 Å². The van der Waals surface area contributed by atoms with Crippen molar-refractivity contribution >= 4 is 11.9 Å². The highest BCUT2D eigenvalue weighted by atomic mass is 16.4. The van der Waals surface area contributed by atoms with Crippen molar-refractivity contribution in [1.29, 1.82) is 0 Å². The molecule has 2 aliphatic rings. The number of carbonyl (C=O) groups is 2. The summed E-state index contributed by atoms with van der Waals surface area (Å²) in [7, 11) is 0. The van der Waals surface area contributed by atoms with Crippen LogP contribution >= 0.6 is 0 Å². The largest absolute Gasteiger partial charge is 0.474 e. The van der Waals surface area contributed by atoms with Crippen LogP contribution in [0.5, 0.6) is 0 Å². The van der Waals surface area contributed by atoms with Crippen LogP contribution in [-0.4, -0.2) is 45.2 Å². The number of nitrogens with zero attached hydrogens (tertiary/aromatic N) is 1. The molecule has 0 spiro atoms. The number of aliphatic hydroxyl groups is 1. The Balaban J connectivity index is 2.15. The Kier molecular flexibility index (Phi) is 2.19. The third kappa shape index (κ3) is 1.37. The number of carboxylic acids is 1. The van der Waals surface area contributed by atoms with Crippen LogP contribution in [0.15, 0.2) is 0 Å². The minimum atomic E-state index is -1.39. The van der Waals surface area contributed by atoms with E-state index in [0.717, 1.165) is 12.8 Å². The Bertz CT molecular complexity index is 264. The van der Waals surface area contributed by atoms with Gasteiger partial charge in [0.1, 0.15) is 0 Å². The fourth-order valence-electron chi connectivity index (χ4n) is 2.59. The van der Waals surface area contributed by atoms with Gasteiger partial charge in [0.25, 0.3) is 0 Å². The first-order valence-corrected chi connectivity index (χ1v) is 4.83. The number of carboxylic acid groups (broad SMARTS) is 1. The van der Waals surface area contributed by atoms with E-state index >= 15 is 0 Å². The monoisotopic (exact) mass is 199 g/mol. The Morgan fingerprint density at radius 2 is 1.64 bits per heavy atom. The van der Waals surface area contributed by atoms with Crippen molar-refractivity contribution < 1.29 is 19.8 Å². The number of hydrogen-bond donors (Lipinski definition) is 2. The third-order valence-corrected chi connectivity index (χ3v) is 3.13. The van der Waals surface area contributed by atoms with Gasteiger partial charge in [-0.05, 0) is 25.7 Å². The normalized spacial score (nSPS) is 35.8. The smallest absolute Gasteiger partial charge is 0.394 e. The maximum absolute atomic E-state index is 11.3. The van der Waals surface area contributed by atoms with Gasteiger partial charge in [0, 0.05) is 12.1 Å². The summed E-state index contributed by atoms with van der Waals surface area (Å²) in [4.78, 5) is 23.3. The van der Waals surface area contributed by atoms with Gasteiger partial charge in [-0.15, -0.1) is 0 Å². The highest BCUT2D eigenvalue weighted by Gasteiger charge is 2.44. The van der Waals surface area contributed by atoms with E-state index in [1.165, 1.54) is 4.90 Å². The summed E-state index contributed by atoms with van der Waals surface area (Å²) in [6.07, 6.45) is 2.32. The Morgan fingerprint density at radius 3 is 2.07 bits per heavy atom. The minimum absolute atomic E-state index is 0.0626. The predicted molar refractivity (Wildman–Crippen MR) is 46.5 cm³/mol. The molecule has 2 rings (SSSR count). The Labute approximate surface area is 81.3 Å². The number of amides is 1. The summed E-state index contributed by atoms with van der Waals surface area (Å²) < 4.78 is 0. The standard InChI is InChI=1S/C9H13NO4/c11-7-3-5-1-2-6(4-7)10(5)8(12)9(13)14/h5-7,11H,1-4H2,(H,13,14). The molecule has 14 heavy (non-hydrogen) atoms. The second-order valence-electron chi connectivity index (χ2n) is 4.03. The van der Waals surface area contributed by atoms with Crippen LogP contribution < -0.4 is 0 Å². The van der Waals surface area contributed by atoms with E-state index in [1.807, 2.05) is 0 Å². The van der Waals surface area contributed by atoms with E-state index in [1.54, 1.807) is 0 Å². The van der Waals surface area contributed by atoms with Crippen molar-refractivity contribution in [2.75, 3.05) is 0 Å². The number of aliphatic carboxylic acids is 1. The lowest BCUT2D eigenvalue weighted by Gasteiger charge is -2.35. The van der Waals surface area contributed by atoms with Crippen molar-refractivity contribution in [1.82, 2.24) is 4.90 Å². The average Bonchev–Trinajstić information content (AvgIpc) is 2.37. The van der Waals surface area contributed by atoms with Crippen molar-refractivity contribution in [2.45, 2.75) is 43.9 Å². The zero-order valence-corrected chi connectivity index (χ0v) is 7.72. The van der Waals surface area contributed by atoms with Gasteiger partial charge in [0.15, 0.2) is 0 Å². The van der Waals surface area contributed by atoms with Crippen molar-refractivity contribution in [3.05, 3.63) is 0 Å². The first-order chi connectivity index (χ1) is 6.59. The molecule has 0 aromatic heterocycles. The molecule has 5 heteroatoms. The summed E-state index contributed by atoms with van der Waals surface area (Å²) in [5.74, 6) is -2.21. The molecule has 5 nitrogen and oxygen atoms in total. The maximum Gasteiger partial charge on any atom is 0.394 e. The zero-order valence-electron chi connectivity index (χ0n) is 7.72. The fourth-order valence-corrected chi connectivity index (χ4v) is 2.59. The van der Waals surface area contributed by atoms with E-state index in [0.29, 0.717) is 12.8 Å². The fraction of sp³-hybridized carbons (Fsp3) is 0.778. The van der Waals surface area contributed by atoms with Crippen molar-refractivity contribution in [2.24, 2.45) is 0 Å². The highest BCUT2D eigenvalue weighted by molar-refractivity contribution is 6.31. The summed E-state index contributed by atoms with van der Waals surface area (Å²) >= 11 is 0. The molecular formula is C9H13NO4. The van der Waals surface area contributed by atoms with E-state index in [2.05, 4.69) is 0 Å². The minimum Gasteiger partial charge on any atom is -0.474 e. The molecule has 2 atom stereocenters. The highest BCUT2D eigenvalue weighted by Crippen LogP contribution is 2.35. The Morgan fingerprint density at radius 1 is 1.14 bits per heavy atom. The van der Waals surface area contributed by atoms with Crippen LogP contribution in [0.25, 0.3) is 0 Å². The molecule has 0 aromatic rings. The van der Waals surface area contributed by atoms with Crippen LogP contribution in [0, 0.1) is 0 Å². The van der Waals surface area contributed by atoms with E-state index in [-0.39, 0.29) is 18.2 Å². The maximum atomic E-state index is 11.3. The van der Waals surface area contributed by atoms with Gasteiger partial charge in [-0.1, -0.05) is 0 Å². The van der Waals surface area contributed by atoms with Gasteiger partial charge in [0.2, 0.25) is 0 Å². The molecular weight excluding hydrogens is 186 g/mol. The molecule has 2 bridgehead atoms. The molecule has 2 heterocycles. The lowest BCUT2D eigenvalue weighted by atomic mass is 10.00. The summed E-state index contributed by atoms with van der Waals surface area (Å²) in [6.45, 7) is 0. The van der Waals surface area contributed by atoms with Crippen LogP contribution in [0.3, 0.4) is 0 Å². The summed E-state index contributed by atoms with van der Waals surface area (Å²) in [6, 6.07) is -0.125. The number of carbonyl (C=O) groups excluding carboxylic acids is 1. The van der Waals surface area contributed by atoms with E-state index in [9.17, 15) is 14.7 Å². The molecule has 1 amide bonds. The second-order valence-corrected chi connectivity index (χ2v) is 4.03. The lowest BCUT2D eigenvalue weighted by Crippen LogP contribution is -2.50. The van der Waals surface area contributed by atoms with Crippen molar-refractivity contribution in [3.63, 3.8) is 0 Å². The third-order valence-electron chi connectivity index (χ3n) is 3.13. The number of rotatable bonds is 0. The molecule has 2 fully saturated rings. The van der Waals surface area contributed by atoms with Gasteiger partial charge in [0.05, 0.1) is 6.10 Å². The van der Waals surface area contributed by atoms with Crippen LogP contribution in [0.1, 0.15) is 25.7 Å². The number of aliphatic hydroxyl groups excluding tert-OH is 1. The van der Waals surface area contributed by atoms with Gasteiger partial charge < -0.3 is 15.1 Å². The quantitative estimate of drug-likeness (QED) is 0.520. The van der Waals surface area contributed by atoms with Crippen LogP contribution in [0.4, 0.5) is 0 Å². The summed E-state index contributed by atoms with van der Waals surface area (Å²) in [5.41, 5.74) is 0. The van der Waals surface area contributed by atoms with Gasteiger partial charge >= 0.3 is 11.9 Å². The molecule has 2 N–H and O–H groups in total. The topological polar surface area (TPSA) is 77.8 Å². The molecule has 78 valence electrons. The Hall–Kier alpha value is -1.10. The molecule has 2 unspecified atom stereocenters. The molecule has 0 aromatic carbocycles. The van der Waals surface area contributed by atoms with Crippen LogP contribution in [-0.2, 0) is 9.59 Å². The molecule has 0 saturated carbocycles. The first kappa shape index (κ1) is 9.45. The van der Waals surface area contributed by atoms with Gasteiger partial charge in [-0.25, -0.2) is 4.79 Å². The zero-order chi connectivity index (χ0) is 10.3. The number of piperidine rings is 1. The first-order valence-electron chi connectivity index (χ1n) is 4.83. The number of hydrogen-bond acceptors (Lipinski definition) is 3.